The highest BCUT2D eigenvalue weighted by Crippen LogP contribution is 2.21. The fourth-order valence-corrected chi connectivity index (χ4v) is 5.78. The normalized spacial score (nSPS) is 28.8. The lowest BCUT2D eigenvalue weighted by atomic mass is 10.1. The summed E-state index contributed by atoms with van der Waals surface area (Å²) in [5.41, 5.74) is 0.504. The van der Waals surface area contributed by atoms with Crippen LogP contribution in [0.2, 0.25) is 0 Å². The van der Waals surface area contributed by atoms with Gasteiger partial charge in [-0.25, -0.2) is 8.42 Å². The van der Waals surface area contributed by atoms with Crippen LogP contribution >= 0.6 is 0 Å². The SMILES string of the molecule is O=C(NCC1CN2CCN1CC2)c1ccc(S(=O)(=O)N2CCCCC2)cc1. The highest BCUT2D eigenvalue weighted by molar-refractivity contribution is 7.89. The van der Waals surface area contributed by atoms with Crippen molar-refractivity contribution in [1.29, 1.82) is 0 Å². The second-order valence-corrected chi connectivity index (χ2v) is 9.63. The van der Waals surface area contributed by atoms with Gasteiger partial charge in [-0.05, 0) is 37.1 Å². The Labute approximate surface area is 161 Å². The molecule has 1 N–H and O–H groups in total. The van der Waals surface area contributed by atoms with Gasteiger partial charge in [-0.15, -0.1) is 0 Å². The van der Waals surface area contributed by atoms with Gasteiger partial charge in [0.15, 0.2) is 0 Å². The Morgan fingerprint density at radius 3 is 2.22 bits per heavy atom. The van der Waals surface area contributed by atoms with Crippen molar-refractivity contribution >= 4 is 15.9 Å². The molecule has 0 spiro atoms. The molecule has 5 rings (SSSR count). The number of rotatable bonds is 5. The number of amides is 1. The summed E-state index contributed by atoms with van der Waals surface area (Å²) >= 11 is 0. The molecule has 1 unspecified atom stereocenters. The Balaban J connectivity index is 1.36. The van der Waals surface area contributed by atoms with Crippen LogP contribution in [0, 0.1) is 0 Å². The maximum atomic E-state index is 12.7. The first kappa shape index (κ1) is 18.9. The van der Waals surface area contributed by atoms with E-state index in [4.69, 9.17) is 0 Å². The fraction of sp³-hybridized carbons (Fsp3) is 0.632. The number of nitrogens with zero attached hydrogens (tertiary/aromatic N) is 3. The molecular formula is C19H28N4O3S. The van der Waals surface area contributed by atoms with Crippen LogP contribution in [0.1, 0.15) is 29.6 Å². The van der Waals surface area contributed by atoms with Gasteiger partial charge in [0.25, 0.3) is 5.91 Å². The molecule has 8 heteroatoms. The smallest absolute Gasteiger partial charge is 0.251 e. The summed E-state index contributed by atoms with van der Waals surface area (Å²) in [5, 5.41) is 3.01. The minimum Gasteiger partial charge on any atom is -0.350 e. The number of hydrogen-bond acceptors (Lipinski definition) is 5. The zero-order valence-electron chi connectivity index (χ0n) is 15.6. The van der Waals surface area contributed by atoms with Crippen molar-refractivity contribution in [2.45, 2.75) is 30.2 Å². The molecule has 0 aromatic heterocycles. The molecule has 4 aliphatic rings. The molecule has 0 radical (unpaired) electrons. The summed E-state index contributed by atoms with van der Waals surface area (Å²) in [7, 11) is -3.45. The van der Waals surface area contributed by atoms with Crippen LogP contribution in [0.4, 0.5) is 0 Å². The Kier molecular flexibility index (Phi) is 5.50. The fourth-order valence-electron chi connectivity index (χ4n) is 4.26. The van der Waals surface area contributed by atoms with Crippen LogP contribution in [0.5, 0.6) is 0 Å². The van der Waals surface area contributed by atoms with Gasteiger partial charge in [-0.3, -0.25) is 14.6 Å². The zero-order chi connectivity index (χ0) is 18.9. The van der Waals surface area contributed by atoms with Crippen LogP contribution < -0.4 is 5.32 Å². The van der Waals surface area contributed by atoms with Gasteiger partial charge in [-0.1, -0.05) is 6.42 Å². The monoisotopic (exact) mass is 392 g/mol. The quantitative estimate of drug-likeness (QED) is 0.794. The van der Waals surface area contributed by atoms with E-state index in [-0.39, 0.29) is 10.8 Å². The molecule has 7 nitrogen and oxygen atoms in total. The maximum absolute atomic E-state index is 12.7. The van der Waals surface area contributed by atoms with E-state index in [1.165, 1.54) is 0 Å². The summed E-state index contributed by atoms with van der Waals surface area (Å²) in [6.07, 6.45) is 2.91. The molecule has 27 heavy (non-hydrogen) atoms. The van der Waals surface area contributed by atoms with E-state index in [0.29, 0.717) is 31.2 Å². The Bertz CT molecular complexity index is 767. The van der Waals surface area contributed by atoms with E-state index in [9.17, 15) is 13.2 Å². The highest BCUT2D eigenvalue weighted by atomic mass is 32.2. The Morgan fingerprint density at radius 1 is 0.963 bits per heavy atom. The number of benzene rings is 1. The van der Waals surface area contributed by atoms with Crippen LogP contribution in [0.3, 0.4) is 0 Å². The maximum Gasteiger partial charge on any atom is 0.251 e. The molecule has 2 bridgehead atoms. The lowest BCUT2D eigenvalue weighted by molar-refractivity contribution is 0.0138. The summed E-state index contributed by atoms with van der Waals surface area (Å²) < 4.78 is 26.9. The first-order valence-electron chi connectivity index (χ1n) is 9.89. The lowest BCUT2D eigenvalue weighted by Gasteiger charge is -2.47. The molecule has 4 saturated heterocycles. The van der Waals surface area contributed by atoms with E-state index in [0.717, 1.165) is 52.0 Å². The summed E-state index contributed by atoms with van der Waals surface area (Å²) in [6, 6.07) is 6.70. The molecule has 4 aliphatic heterocycles. The van der Waals surface area contributed by atoms with Crippen LogP contribution in [0.25, 0.3) is 0 Å². The number of piperidine rings is 1. The van der Waals surface area contributed by atoms with Crippen molar-refractivity contribution in [3.8, 4) is 0 Å². The zero-order valence-corrected chi connectivity index (χ0v) is 16.5. The predicted octanol–water partition coefficient (Wildman–Crippen LogP) is 0.591. The lowest BCUT2D eigenvalue weighted by Crippen LogP contribution is -2.63. The molecular weight excluding hydrogens is 364 g/mol. The summed E-state index contributed by atoms with van der Waals surface area (Å²) in [5.74, 6) is -0.144. The standard InChI is InChI=1S/C19H28N4O3S/c24-19(20-14-17-15-21-10-12-22(17)13-11-21)16-4-6-18(7-5-16)27(25,26)23-8-2-1-3-9-23/h4-7,17H,1-3,8-15H2,(H,20,24). The van der Waals surface area contributed by atoms with E-state index in [1.807, 2.05) is 0 Å². The van der Waals surface area contributed by atoms with Gasteiger partial charge in [0, 0.05) is 64.0 Å². The third-order valence-electron chi connectivity index (χ3n) is 5.96. The largest absolute Gasteiger partial charge is 0.350 e. The Hall–Kier alpha value is -1.48. The van der Waals surface area contributed by atoms with Gasteiger partial charge in [0.1, 0.15) is 0 Å². The second kappa shape index (κ2) is 7.87. The predicted molar refractivity (Wildman–Crippen MR) is 103 cm³/mol. The topological polar surface area (TPSA) is 73.0 Å². The van der Waals surface area contributed by atoms with E-state index >= 15 is 0 Å². The Morgan fingerprint density at radius 2 is 1.63 bits per heavy atom. The van der Waals surface area contributed by atoms with Crippen molar-refractivity contribution in [3.63, 3.8) is 0 Å². The number of carbonyl (C=O) groups excluding carboxylic acids is 1. The number of carbonyl (C=O) groups is 1. The number of piperazine rings is 3. The highest BCUT2D eigenvalue weighted by Gasteiger charge is 2.32. The van der Waals surface area contributed by atoms with Gasteiger partial charge in [0.2, 0.25) is 10.0 Å². The van der Waals surface area contributed by atoms with Crippen molar-refractivity contribution < 1.29 is 13.2 Å². The minimum atomic E-state index is -3.45. The average molecular weight is 393 g/mol. The number of sulfonamides is 1. The summed E-state index contributed by atoms with van der Waals surface area (Å²) in [6.45, 7) is 7.19. The molecule has 1 aromatic rings. The number of hydrogen-bond donors (Lipinski definition) is 1. The van der Waals surface area contributed by atoms with E-state index in [1.54, 1.807) is 28.6 Å². The molecule has 0 aliphatic carbocycles. The third-order valence-corrected chi connectivity index (χ3v) is 7.87. The van der Waals surface area contributed by atoms with Crippen LogP contribution in [0.15, 0.2) is 29.2 Å². The van der Waals surface area contributed by atoms with Gasteiger partial charge >= 0.3 is 0 Å². The van der Waals surface area contributed by atoms with Gasteiger partial charge in [0.05, 0.1) is 4.90 Å². The second-order valence-electron chi connectivity index (χ2n) is 7.69. The molecule has 4 heterocycles. The molecule has 1 aromatic carbocycles. The molecule has 148 valence electrons. The summed E-state index contributed by atoms with van der Waals surface area (Å²) in [4.78, 5) is 17.6. The van der Waals surface area contributed by atoms with Crippen molar-refractivity contribution in [2.24, 2.45) is 0 Å². The molecule has 1 atom stereocenters. The van der Waals surface area contributed by atoms with Crippen molar-refractivity contribution in [2.75, 3.05) is 52.4 Å². The number of fused-ring (bicyclic) bond motifs is 3. The molecule has 0 saturated carbocycles. The average Bonchev–Trinajstić information content (AvgIpc) is 2.73. The van der Waals surface area contributed by atoms with Crippen LogP contribution in [-0.2, 0) is 10.0 Å². The van der Waals surface area contributed by atoms with Crippen molar-refractivity contribution in [3.05, 3.63) is 29.8 Å². The van der Waals surface area contributed by atoms with E-state index < -0.39 is 10.0 Å². The van der Waals surface area contributed by atoms with Gasteiger partial charge < -0.3 is 5.32 Å². The first-order valence-corrected chi connectivity index (χ1v) is 11.3. The third kappa shape index (κ3) is 4.03. The molecule has 1 amide bonds. The molecule has 4 fully saturated rings. The number of nitrogens with one attached hydrogen (secondary N) is 1. The van der Waals surface area contributed by atoms with Gasteiger partial charge in [-0.2, -0.15) is 4.31 Å². The van der Waals surface area contributed by atoms with Crippen LogP contribution in [-0.4, -0.2) is 86.8 Å². The van der Waals surface area contributed by atoms with E-state index in [2.05, 4.69) is 15.1 Å². The first-order chi connectivity index (χ1) is 13.0. The minimum absolute atomic E-state index is 0.144. The van der Waals surface area contributed by atoms with Crippen molar-refractivity contribution in [1.82, 2.24) is 19.4 Å².